The van der Waals surface area contributed by atoms with Crippen molar-refractivity contribution in [3.63, 3.8) is 0 Å². The van der Waals surface area contributed by atoms with Crippen LogP contribution in [0.1, 0.15) is 10.4 Å². The molecule has 22 heavy (non-hydrogen) atoms. The second-order valence-corrected chi connectivity index (χ2v) is 4.93. The second-order valence-electron chi connectivity index (χ2n) is 4.93. The zero-order valence-electron chi connectivity index (χ0n) is 12.5. The lowest BCUT2D eigenvalue weighted by molar-refractivity contribution is 0.0603. The molecule has 0 amide bonds. The molecule has 0 unspecified atom stereocenters. The molecule has 0 N–H and O–H groups in total. The number of methoxy groups -OCH3 is 2. The summed E-state index contributed by atoms with van der Waals surface area (Å²) in [5, 5.41) is 1.92. The van der Waals surface area contributed by atoms with Gasteiger partial charge in [0.05, 0.1) is 19.8 Å². The van der Waals surface area contributed by atoms with Gasteiger partial charge in [0.15, 0.2) is 0 Å². The van der Waals surface area contributed by atoms with E-state index in [0.29, 0.717) is 5.56 Å². The zero-order valence-corrected chi connectivity index (χ0v) is 12.5. The number of hydrogen-bond acceptors (Lipinski definition) is 3. The van der Waals surface area contributed by atoms with Gasteiger partial charge >= 0.3 is 5.97 Å². The first-order valence-corrected chi connectivity index (χ1v) is 6.99. The van der Waals surface area contributed by atoms with Crippen molar-refractivity contribution in [1.82, 2.24) is 0 Å². The van der Waals surface area contributed by atoms with Crippen LogP contribution in [0, 0.1) is 0 Å². The minimum atomic E-state index is -0.322. The van der Waals surface area contributed by atoms with Gasteiger partial charge < -0.3 is 9.47 Å². The number of esters is 1. The molecule has 3 aromatic rings. The standard InChI is InChI=1S/C19H16O3/c1-21-14-9-7-13(8-10-14)15-11-12-18(19(20)22-2)17-6-4-3-5-16(15)17/h3-12H,1-2H3. The van der Waals surface area contributed by atoms with Crippen LogP contribution in [0.25, 0.3) is 21.9 Å². The quantitative estimate of drug-likeness (QED) is 0.675. The number of fused-ring (bicyclic) bond motifs is 1. The van der Waals surface area contributed by atoms with Crippen molar-refractivity contribution in [2.45, 2.75) is 0 Å². The minimum absolute atomic E-state index is 0.322. The topological polar surface area (TPSA) is 35.5 Å². The highest BCUT2D eigenvalue weighted by Gasteiger charge is 2.13. The molecule has 0 atom stereocenters. The molecule has 0 bridgehead atoms. The summed E-state index contributed by atoms with van der Waals surface area (Å²) in [6.07, 6.45) is 0. The molecule has 3 rings (SSSR count). The van der Waals surface area contributed by atoms with Gasteiger partial charge in [-0.3, -0.25) is 0 Å². The molecule has 110 valence electrons. The van der Waals surface area contributed by atoms with Gasteiger partial charge in [0.25, 0.3) is 0 Å². The average molecular weight is 292 g/mol. The van der Waals surface area contributed by atoms with E-state index in [2.05, 4.69) is 0 Å². The van der Waals surface area contributed by atoms with E-state index in [0.717, 1.165) is 27.6 Å². The lowest BCUT2D eigenvalue weighted by Gasteiger charge is -2.11. The Bertz CT molecular complexity index is 820. The van der Waals surface area contributed by atoms with Gasteiger partial charge in [-0.05, 0) is 40.1 Å². The first-order valence-electron chi connectivity index (χ1n) is 6.99. The summed E-state index contributed by atoms with van der Waals surface area (Å²) < 4.78 is 10.1. The van der Waals surface area contributed by atoms with Gasteiger partial charge in [-0.25, -0.2) is 4.79 Å². The molecule has 0 saturated heterocycles. The van der Waals surface area contributed by atoms with Crippen LogP contribution in [0.15, 0.2) is 60.7 Å². The average Bonchev–Trinajstić information content (AvgIpc) is 2.60. The molecule has 0 aliphatic rings. The second kappa shape index (κ2) is 5.90. The van der Waals surface area contributed by atoms with Crippen LogP contribution in [0.2, 0.25) is 0 Å². The normalized spacial score (nSPS) is 10.5. The number of benzene rings is 3. The highest BCUT2D eigenvalue weighted by atomic mass is 16.5. The van der Waals surface area contributed by atoms with Gasteiger partial charge in [0.2, 0.25) is 0 Å². The Balaban J connectivity index is 2.20. The molecule has 3 aromatic carbocycles. The van der Waals surface area contributed by atoms with E-state index >= 15 is 0 Å². The Hall–Kier alpha value is -2.81. The van der Waals surface area contributed by atoms with Crippen molar-refractivity contribution >= 4 is 16.7 Å². The summed E-state index contributed by atoms with van der Waals surface area (Å²) in [6, 6.07) is 19.5. The Morgan fingerprint density at radius 3 is 2.14 bits per heavy atom. The summed E-state index contributed by atoms with van der Waals surface area (Å²) in [5.41, 5.74) is 2.73. The Labute approximate surface area is 129 Å². The number of carbonyl (C=O) groups excluding carboxylic acids is 1. The molecule has 3 nitrogen and oxygen atoms in total. The van der Waals surface area contributed by atoms with E-state index in [4.69, 9.17) is 9.47 Å². The molecule has 0 aliphatic carbocycles. The minimum Gasteiger partial charge on any atom is -0.497 e. The highest BCUT2D eigenvalue weighted by Crippen LogP contribution is 2.32. The van der Waals surface area contributed by atoms with Crippen LogP contribution in [0.4, 0.5) is 0 Å². The smallest absolute Gasteiger partial charge is 0.338 e. The summed E-state index contributed by atoms with van der Waals surface area (Å²) in [7, 11) is 3.05. The molecule has 0 saturated carbocycles. The van der Waals surface area contributed by atoms with Gasteiger partial charge in [-0.1, -0.05) is 42.5 Å². The van der Waals surface area contributed by atoms with E-state index < -0.39 is 0 Å². The predicted octanol–water partition coefficient (Wildman–Crippen LogP) is 4.30. The number of ether oxygens (including phenoxy) is 2. The van der Waals surface area contributed by atoms with Gasteiger partial charge in [-0.2, -0.15) is 0 Å². The van der Waals surface area contributed by atoms with Crippen molar-refractivity contribution in [1.29, 1.82) is 0 Å². The van der Waals surface area contributed by atoms with E-state index in [1.54, 1.807) is 7.11 Å². The van der Waals surface area contributed by atoms with Crippen LogP contribution >= 0.6 is 0 Å². The fourth-order valence-corrected chi connectivity index (χ4v) is 2.61. The molecular formula is C19H16O3. The Morgan fingerprint density at radius 2 is 1.50 bits per heavy atom. The van der Waals surface area contributed by atoms with E-state index in [-0.39, 0.29) is 5.97 Å². The van der Waals surface area contributed by atoms with Gasteiger partial charge in [-0.15, -0.1) is 0 Å². The monoisotopic (exact) mass is 292 g/mol. The Morgan fingerprint density at radius 1 is 0.818 bits per heavy atom. The highest BCUT2D eigenvalue weighted by molar-refractivity contribution is 6.09. The molecule has 0 radical (unpaired) electrons. The van der Waals surface area contributed by atoms with E-state index in [1.165, 1.54) is 7.11 Å². The first kappa shape index (κ1) is 14.1. The fraction of sp³-hybridized carbons (Fsp3) is 0.105. The van der Waals surface area contributed by atoms with Gasteiger partial charge in [0, 0.05) is 0 Å². The summed E-state index contributed by atoms with van der Waals surface area (Å²) in [6.45, 7) is 0. The number of carbonyl (C=O) groups is 1. The van der Waals surface area contributed by atoms with E-state index in [9.17, 15) is 4.79 Å². The first-order chi connectivity index (χ1) is 10.7. The third-order valence-corrected chi connectivity index (χ3v) is 3.73. The maximum atomic E-state index is 11.9. The summed E-state index contributed by atoms with van der Waals surface area (Å²) in [5.74, 6) is 0.497. The van der Waals surface area contributed by atoms with Crippen molar-refractivity contribution in [3.8, 4) is 16.9 Å². The summed E-state index contributed by atoms with van der Waals surface area (Å²) in [4.78, 5) is 11.9. The molecule has 0 aromatic heterocycles. The van der Waals surface area contributed by atoms with E-state index in [1.807, 2.05) is 60.7 Å². The van der Waals surface area contributed by atoms with Gasteiger partial charge in [0.1, 0.15) is 5.75 Å². The number of rotatable bonds is 3. The maximum absolute atomic E-state index is 11.9. The molecule has 0 heterocycles. The third kappa shape index (κ3) is 2.42. The van der Waals surface area contributed by atoms with Crippen molar-refractivity contribution < 1.29 is 14.3 Å². The van der Waals surface area contributed by atoms with Crippen LogP contribution in [-0.4, -0.2) is 20.2 Å². The molecule has 0 fully saturated rings. The largest absolute Gasteiger partial charge is 0.497 e. The third-order valence-electron chi connectivity index (χ3n) is 3.73. The summed E-state index contributed by atoms with van der Waals surface area (Å²) >= 11 is 0. The van der Waals surface area contributed by atoms with Crippen molar-refractivity contribution in [2.24, 2.45) is 0 Å². The van der Waals surface area contributed by atoms with Crippen LogP contribution in [0.5, 0.6) is 5.75 Å². The molecule has 0 spiro atoms. The zero-order chi connectivity index (χ0) is 15.5. The SMILES string of the molecule is COC(=O)c1ccc(-c2ccc(OC)cc2)c2ccccc12. The lowest BCUT2D eigenvalue weighted by atomic mass is 9.95. The predicted molar refractivity (Wildman–Crippen MR) is 87.3 cm³/mol. The van der Waals surface area contributed by atoms with Crippen LogP contribution in [-0.2, 0) is 4.74 Å². The maximum Gasteiger partial charge on any atom is 0.338 e. The number of hydrogen-bond donors (Lipinski definition) is 0. The van der Waals surface area contributed by atoms with Crippen LogP contribution in [0.3, 0.4) is 0 Å². The van der Waals surface area contributed by atoms with Crippen molar-refractivity contribution in [2.75, 3.05) is 14.2 Å². The van der Waals surface area contributed by atoms with Crippen LogP contribution < -0.4 is 4.74 Å². The Kier molecular flexibility index (Phi) is 3.79. The lowest BCUT2D eigenvalue weighted by Crippen LogP contribution is -2.02. The molecule has 3 heteroatoms. The fourth-order valence-electron chi connectivity index (χ4n) is 2.61. The molecular weight excluding hydrogens is 276 g/mol. The molecule has 0 aliphatic heterocycles. The van der Waals surface area contributed by atoms with Crippen molar-refractivity contribution in [3.05, 3.63) is 66.2 Å².